The predicted octanol–water partition coefficient (Wildman–Crippen LogP) is 0.461. The predicted molar refractivity (Wildman–Crippen MR) is 61.8 cm³/mol. The van der Waals surface area contributed by atoms with Gasteiger partial charge in [0.2, 0.25) is 5.88 Å². The minimum absolute atomic E-state index is 0.0167. The van der Waals surface area contributed by atoms with Crippen LogP contribution in [0.4, 0.5) is 0 Å². The summed E-state index contributed by atoms with van der Waals surface area (Å²) in [5, 5.41) is 16.1. The molecule has 1 amide bonds. The van der Waals surface area contributed by atoms with Crippen molar-refractivity contribution in [3.63, 3.8) is 0 Å². The summed E-state index contributed by atoms with van der Waals surface area (Å²) in [6.07, 6.45) is 1.33. The summed E-state index contributed by atoms with van der Waals surface area (Å²) in [5.74, 6) is -1.89. The van der Waals surface area contributed by atoms with E-state index in [1.54, 1.807) is 0 Å². The largest absolute Gasteiger partial charge is 0.476 e. The quantitative estimate of drug-likeness (QED) is 0.816. The maximum absolute atomic E-state index is 10.9. The molecule has 0 atom stereocenters. The number of carbonyl (C=O) groups is 2. The molecule has 2 rings (SSSR count). The minimum Gasteiger partial charge on any atom is -0.476 e. The van der Waals surface area contributed by atoms with Crippen LogP contribution in [0.3, 0.4) is 0 Å². The van der Waals surface area contributed by atoms with E-state index in [4.69, 9.17) is 15.6 Å². The topological polar surface area (TPSA) is 128 Å². The number of carbonyl (C=O) groups excluding carboxylic acids is 1. The van der Waals surface area contributed by atoms with Crippen molar-refractivity contribution in [1.29, 1.82) is 0 Å². The van der Waals surface area contributed by atoms with Crippen LogP contribution in [0, 0.1) is 0 Å². The first-order valence-electron chi connectivity index (χ1n) is 5.07. The highest BCUT2D eigenvalue weighted by Crippen LogP contribution is 2.21. The summed E-state index contributed by atoms with van der Waals surface area (Å²) in [6.45, 7) is 0. The summed E-state index contributed by atoms with van der Waals surface area (Å²) in [5.41, 5.74) is 4.75. The molecule has 0 bridgehead atoms. The molecular weight excluding hydrogens is 252 g/mol. The summed E-state index contributed by atoms with van der Waals surface area (Å²) in [6, 6.07) is 5.63. The number of primary amides is 1. The standard InChI is InChI=1S/C11H8N4O4/c12-10(16)6-3-4-8(15-14-6)19-7-2-1-5-13-9(7)11(17)18/h1-5H,(H2,12,16)(H,17,18). The Morgan fingerprint density at radius 1 is 1.21 bits per heavy atom. The Balaban J connectivity index is 2.26. The number of carboxylic acids is 1. The summed E-state index contributed by atoms with van der Waals surface area (Å²) in [4.78, 5) is 25.4. The van der Waals surface area contributed by atoms with Gasteiger partial charge < -0.3 is 15.6 Å². The van der Waals surface area contributed by atoms with E-state index in [1.807, 2.05) is 0 Å². The molecule has 0 fully saturated rings. The van der Waals surface area contributed by atoms with Crippen molar-refractivity contribution in [2.24, 2.45) is 5.73 Å². The molecule has 0 aliphatic rings. The molecule has 0 spiro atoms. The average Bonchev–Trinajstić information content (AvgIpc) is 2.39. The Hall–Kier alpha value is -3.03. The fraction of sp³-hybridized carbons (Fsp3) is 0. The van der Waals surface area contributed by atoms with Gasteiger partial charge in [-0.05, 0) is 18.2 Å². The van der Waals surface area contributed by atoms with Crippen LogP contribution in [0.2, 0.25) is 0 Å². The van der Waals surface area contributed by atoms with E-state index in [0.29, 0.717) is 0 Å². The van der Waals surface area contributed by atoms with E-state index in [9.17, 15) is 9.59 Å². The van der Waals surface area contributed by atoms with Gasteiger partial charge in [0.05, 0.1) is 0 Å². The molecule has 8 heteroatoms. The van der Waals surface area contributed by atoms with Crippen LogP contribution in [-0.4, -0.2) is 32.2 Å². The van der Waals surface area contributed by atoms with Crippen LogP contribution >= 0.6 is 0 Å². The fourth-order valence-corrected chi connectivity index (χ4v) is 1.25. The van der Waals surface area contributed by atoms with Crippen LogP contribution in [0.1, 0.15) is 21.0 Å². The smallest absolute Gasteiger partial charge is 0.358 e. The van der Waals surface area contributed by atoms with E-state index < -0.39 is 11.9 Å². The number of nitrogens with two attached hydrogens (primary N) is 1. The molecule has 0 saturated heterocycles. The number of nitrogens with zero attached hydrogens (tertiary/aromatic N) is 3. The molecule has 0 aliphatic carbocycles. The van der Waals surface area contributed by atoms with Gasteiger partial charge in [0, 0.05) is 12.3 Å². The first kappa shape index (κ1) is 12.4. The molecule has 8 nitrogen and oxygen atoms in total. The van der Waals surface area contributed by atoms with Crippen molar-refractivity contribution in [2.45, 2.75) is 0 Å². The zero-order valence-corrected chi connectivity index (χ0v) is 9.48. The molecule has 0 unspecified atom stereocenters. The van der Waals surface area contributed by atoms with Crippen molar-refractivity contribution in [2.75, 3.05) is 0 Å². The maximum Gasteiger partial charge on any atom is 0.358 e. The molecule has 0 aromatic carbocycles. The SMILES string of the molecule is NC(=O)c1ccc(Oc2cccnc2C(=O)O)nn1. The van der Waals surface area contributed by atoms with Crippen molar-refractivity contribution in [3.05, 3.63) is 41.9 Å². The van der Waals surface area contributed by atoms with Gasteiger partial charge in [-0.15, -0.1) is 10.2 Å². The molecule has 2 heterocycles. The lowest BCUT2D eigenvalue weighted by Gasteiger charge is -2.06. The van der Waals surface area contributed by atoms with Gasteiger partial charge >= 0.3 is 5.97 Å². The third-order valence-electron chi connectivity index (χ3n) is 2.08. The molecule has 2 aromatic heterocycles. The number of hydrogen-bond acceptors (Lipinski definition) is 6. The van der Waals surface area contributed by atoms with E-state index >= 15 is 0 Å². The second kappa shape index (κ2) is 5.08. The van der Waals surface area contributed by atoms with Gasteiger partial charge in [0.25, 0.3) is 5.91 Å². The summed E-state index contributed by atoms with van der Waals surface area (Å²) < 4.78 is 5.24. The van der Waals surface area contributed by atoms with Crippen LogP contribution in [0.5, 0.6) is 11.6 Å². The highest BCUT2D eigenvalue weighted by Gasteiger charge is 2.14. The van der Waals surface area contributed by atoms with Crippen molar-refractivity contribution < 1.29 is 19.4 Å². The number of rotatable bonds is 4. The highest BCUT2D eigenvalue weighted by molar-refractivity contribution is 5.90. The lowest BCUT2D eigenvalue weighted by molar-refractivity contribution is 0.0687. The third-order valence-corrected chi connectivity index (χ3v) is 2.08. The van der Waals surface area contributed by atoms with Gasteiger partial charge in [-0.3, -0.25) is 4.79 Å². The van der Waals surface area contributed by atoms with Crippen LogP contribution in [-0.2, 0) is 0 Å². The van der Waals surface area contributed by atoms with E-state index in [2.05, 4.69) is 15.2 Å². The molecule has 96 valence electrons. The zero-order chi connectivity index (χ0) is 13.8. The van der Waals surface area contributed by atoms with Crippen LogP contribution in [0.15, 0.2) is 30.5 Å². The van der Waals surface area contributed by atoms with Gasteiger partial charge in [0.15, 0.2) is 17.1 Å². The molecule has 3 N–H and O–H groups in total. The molecule has 0 saturated carbocycles. The van der Waals surface area contributed by atoms with E-state index in [1.165, 1.54) is 30.5 Å². The van der Waals surface area contributed by atoms with Gasteiger partial charge in [-0.25, -0.2) is 9.78 Å². The van der Waals surface area contributed by atoms with Gasteiger partial charge in [0.1, 0.15) is 0 Å². The lowest BCUT2D eigenvalue weighted by atomic mass is 10.3. The first-order valence-corrected chi connectivity index (χ1v) is 5.07. The Labute approximate surface area is 106 Å². The maximum atomic E-state index is 10.9. The average molecular weight is 260 g/mol. The molecular formula is C11H8N4O4. The number of pyridine rings is 1. The van der Waals surface area contributed by atoms with E-state index in [0.717, 1.165) is 0 Å². The number of carboxylic acid groups (broad SMARTS) is 1. The van der Waals surface area contributed by atoms with Gasteiger partial charge in [-0.2, -0.15) is 0 Å². The normalized spacial score (nSPS) is 9.89. The number of ether oxygens (including phenoxy) is 1. The fourth-order valence-electron chi connectivity index (χ4n) is 1.25. The molecule has 2 aromatic rings. The Morgan fingerprint density at radius 3 is 2.58 bits per heavy atom. The van der Waals surface area contributed by atoms with E-state index in [-0.39, 0.29) is 23.0 Å². The third kappa shape index (κ3) is 2.80. The van der Waals surface area contributed by atoms with Crippen molar-refractivity contribution in [1.82, 2.24) is 15.2 Å². The highest BCUT2D eigenvalue weighted by atomic mass is 16.5. The molecule has 0 radical (unpaired) electrons. The number of aromatic carboxylic acids is 1. The summed E-state index contributed by atoms with van der Waals surface area (Å²) >= 11 is 0. The van der Waals surface area contributed by atoms with Crippen LogP contribution < -0.4 is 10.5 Å². The second-order valence-electron chi connectivity index (χ2n) is 3.38. The summed E-state index contributed by atoms with van der Waals surface area (Å²) in [7, 11) is 0. The Bertz CT molecular complexity index is 627. The van der Waals surface area contributed by atoms with Crippen molar-refractivity contribution in [3.8, 4) is 11.6 Å². The minimum atomic E-state index is -1.22. The Kier molecular flexibility index (Phi) is 3.33. The molecule has 0 aliphatic heterocycles. The Morgan fingerprint density at radius 2 is 2.00 bits per heavy atom. The number of hydrogen-bond donors (Lipinski definition) is 2. The number of amides is 1. The first-order chi connectivity index (χ1) is 9.08. The zero-order valence-electron chi connectivity index (χ0n) is 9.48. The van der Waals surface area contributed by atoms with Crippen molar-refractivity contribution >= 4 is 11.9 Å². The monoisotopic (exact) mass is 260 g/mol. The van der Waals surface area contributed by atoms with Crippen LogP contribution in [0.25, 0.3) is 0 Å². The lowest BCUT2D eigenvalue weighted by Crippen LogP contribution is -2.13. The second-order valence-corrected chi connectivity index (χ2v) is 3.38. The molecule has 19 heavy (non-hydrogen) atoms. The van der Waals surface area contributed by atoms with Gasteiger partial charge in [-0.1, -0.05) is 0 Å². The number of aromatic nitrogens is 3.